The van der Waals surface area contributed by atoms with Crippen LogP contribution in [-0.2, 0) is 0 Å². The minimum Gasteiger partial charge on any atom is -0.192 e. The second-order valence-electron chi connectivity index (χ2n) is 1.45. The number of halogens is 7. The Morgan fingerprint density at radius 3 is 1.30 bits per heavy atom. The predicted octanol–water partition coefficient (Wildman–Crippen LogP) is 3.30. The maximum Gasteiger partial charge on any atom is 0.407 e. The SMILES string of the molecule is FC(F)(F)[C@@H](Br)C(F)(F)Br. The van der Waals surface area contributed by atoms with E-state index in [1.807, 2.05) is 0 Å². The van der Waals surface area contributed by atoms with Crippen molar-refractivity contribution in [2.75, 3.05) is 0 Å². The lowest BCUT2D eigenvalue weighted by molar-refractivity contribution is -0.154. The van der Waals surface area contributed by atoms with Gasteiger partial charge in [-0.1, -0.05) is 15.9 Å². The summed E-state index contributed by atoms with van der Waals surface area (Å²) in [5, 5.41) is 0. The zero-order valence-corrected chi connectivity index (χ0v) is 7.40. The number of hydrogen-bond donors (Lipinski definition) is 0. The Morgan fingerprint density at radius 2 is 1.30 bits per heavy atom. The Balaban J connectivity index is 4.23. The maximum absolute atomic E-state index is 11.8. The minimum atomic E-state index is -4.94. The van der Waals surface area contributed by atoms with Gasteiger partial charge in [0.25, 0.3) is 0 Å². The third kappa shape index (κ3) is 3.14. The molecule has 0 aromatic rings. The molecule has 0 aliphatic heterocycles. The molecule has 0 aliphatic rings. The van der Waals surface area contributed by atoms with Gasteiger partial charge in [0.05, 0.1) is 0 Å². The Kier molecular flexibility index (Phi) is 3.10. The average Bonchev–Trinajstić information content (AvgIpc) is 1.59. The van der Waals surface area contributed by atoms with Crippen LogP contribution in [0.5, 0.6) is 0 Å². The first-order valence-corrected chi connectivity index (χ1v) is 3.64. The molecule has 0 aromatic carbocycles. The zero-order chi connectivity index (χ0) is 8.58. The fourth-order valence-electron chi connectivity index (χ4n) is 0.186. The first kappa shape index (κ1) is 10.6. The summed E-state index contributed by atoms with van der Waals surface area (Å²) in [4.78, 5) is -6.79. The molecule has 10 heavy (non-hydrogen) atoms. The van der Waals surface area contributed by atoms with Gasteiger partial charge in [-0.25, -0.2) is 0 Å². The van der Waals surface area contributed by atoms with Crippen molar-refractivity contribution in [2.24, 2.45) is 0 Å². The summed E-state index contributed by atoms with van der Waals surface area (Å²) >= 11 is 3.38. The summed E-state index contributed by atoms with van der Waals surface area (Å²) in [7, 11) is 0. The number of alkyl halides is 7. The highest BCUT2D eigenvalue weighted by Gasteiger charge is 2.52. The monoisotopic (exact) mass is 290 g/mol. The van der Waals surface area contributed by atoms with Crippen LogP contribution in [-0.4, -0.2) is 15.8 Å². The summed E-state index contributed by atoms with van der Waals surface area (Å²) in [5.74, 6) is 0. The molecule has 0 amide bonds. The fraction of sp³-hybridized carbons (Fsp3) is 1.00. The standard InChI is InChI=1S/C3HBr2F5/c4-1(2(5,6)7)3(8,9)10/h1H/t1-/m0/s1. The molecule has 7 heteroatoms. The summed E-state index contributed by atoms with van der Waals surface area (Å²) in [6.07, 6.45) is -4.94. The number of rotatable bonds is 1. The van der Waals surface area contributed by atoms with E-state index in [9.17, 15) is 22.0 Å². The molecule has 1 atom stereocenters. The minimum absolute atomic E-state index is 1.58. The molecule has 0 saturated carbocycles. The van der Waals surface area contributed by atoms with Gasteiger partial charge in [-0.3, -0.25) is 0 Å². The van der Waals surface area contributed by atoms with Crippen LogP contribution in [0.25, 0.3) is 0 Å². The molecule has 0 N–H and O–H groups in total. The molecule has 62 valence electrons. The van der Waals surface area contributed by atoms with Crippen LogP contribution in [0.3, 0.4) is 0 Å². The van der Waals surface area contributed by atoms with Crippen LogP contribution < -0.4 is 0 Å². The van der Waals surface area contributed by atoms with E-state index in [0.717, 1.165) is 0 Å². The highest BCUT2D eigenvalue weighted by atomic mass is 79.9. The van der Waals surface area contributed by atoms with Crippen molar-refractivity contribution in [1.82, 2.24) is 0 Å². The van der Waals surface area contributed by atoms with Gasteiger partial charge in [-0.2, -0.15) is 22.0 Å². The van der Waals surface area contributed by atoms with Crippen LogP contribution in [0.15, 0.2) is 0 Å². The second kappa shape index (κ2) is 2.92. The first-order valence-electron chi connectivity index (χ1n) is 1.93. The molecule has 0 bridgehead atoms. The van der Waals surface area contributed by atoms with Crippen molar-refractivity contribution in [3.05, 3.63) is 0 Å². The van der Waals surface area contributed by atoms with Gasteiger partial charge in [0, 0.05) is 0 Å². The molecule has 0 spiro atoms. The van der Waals surface area contributed by atoms with E-state index in [-0.39, 0.29) is 0 Å². The normalized spacial score (nSPS) is 17.1. The Morgan fingerprint density at radius 1 is 1.00 bits per heavy atom. The van der Waals surface area contributed by atoms with Crippen molar-refractivity contribution < 1.29 is 22.0 Å². The van der Waals surface area contributed by atoms with E-state index in [1.165, 1.54) is 0 Å². The van der Waals surface area contributed by atoms with Gasteiger partial charge >= 0.3 is 11.0 Å². The molecule has 0 aromatic heterocycles. The highest BCUT2D eigenvalue weighted by molar-refractivity contribution is 9.12. The largest absolute Gasteiger partial charge is 0.407 e. The van der Waals surface area contributed by atoms with Gasteiger partial charge in [-0.15, -0.1) is 0 Å². The molecular formula is C3HBr2F5. The van der Waals surface area contributed by atoms with Crippen molar-refractivity contribution in [3.63, 3.8) is 0 Å². The molecule has 0 radical (unpaired) electrons. The lowest BCUT2D eigenvalue weighted by Gasteiger charge is -2.18. The van der Waals surface area contributed by atoms with Crippen molar-refractivity contribution in [2.45, 2.75) is 15.8 Å². The van der Waals surface area contributed by atoms with E-state index < -0.39 is 15.8 Å². The van der Waals surface area contributed by atoms with E-state index in [2.05, 4.69) is 0 Å². The van der Waals surface area contributed by atoms with E-state index in [4.69, 9.17) is 0 Å². The third-order valence-electron chi connectivity index (χ3n) is 0.575. The van der Waals surface area contributed by atoms with Crippen molar-refractivity contribution in [1.29, 1.82) is 0 Å². The van der Waals surface area contributed by atoms with Crippen molar-refractivity contribution >= 4 is 31.9 Å². The second-order valence-corrected chi connectivity index (χ2v) is 3.42. The van der Waals surface area contributed by atoms with Gasteiger partial charge < -0.3 is 0 Å². The quantitative estimate of drug-likeness (QED) is 0.514. The smallest absolute Gasteiger partial charge is 0.192 e. The molecule has 0 saturated heterocycles. The molecule has 0 nitrogen and oxygen atoms in total. The maximum atomic E-state index is 11.8. The topological polar surface area (TPSA) is 0 Å². The lowest BCUT2D eigenvalue weighted by atomic mass is 10.4. The van der Waals surface area contributed by atoms with Crippen LogP contribution in [0.4, 0.5) is 22.0 Å². The molecule has 0 unspecified atom stereocenters. The third-order valence-corrected chi connectivity index (χ3v) is 2.74. The van der Waals surface area contributed by atoms with Gasteiger partial charge in [0.2, 0.25) is 0 Å². The van der Waals surface area contributed by atoms with E-state index >= 15 is 0 Å². The Labute approximate surface area is 70.0 Å². The van der Waals surface area contributed by atoms with E-state index in [1.54, 1.807) is 31.9 Å². The number of hydrogen-bond acceptors (Lipinski definition) is 0. The average molecular weight is 292 g/mol. The Hall–Kier alpha value is 0.610. The molecule has 0 rings (SSSR count). The molecule has 0 heterocycles. The summed E-state index contributed by atoms with van der Waals surface area (Å²) in [5.41, 5.74) is 0. The van der Waals surface area contributed by atoms with Gasteiger partial charge in [0.15, 0.2) is 4.83 Å². The van der Waals surface area contributed by atoms with Crippen molar-refractivity contribution in [3.8, 4) is 0 Å². The fourth-order valence-corrected chi connectivity index (χ4v) is 0.445. The van der Waals surface area contributed by atoms with Crippen LogP contribution in [0.1, 0.15) is 0 Å². The lowest BCUT2D eigenvalue weighted by Crippen LogP contribution is -2.35. The van der Waals surface area contributed by atoms with Gasteiger partial charge in [0.1, 0.15) is 0 Å². The van der Waals surface area contributed by atoms with Gasteiger partial charge in [-0.05, 0) is 15.9 Å². The molecule has 0 fully saturated rings. The first-order chi connectivity index (χ1) is 4.15. The van der Waals surface area contributed by atoms with E-state index in [0.29, 0.717) is 0 Å². The molecular weight excluding hydrogens is 291 g/mol. The summed E-state index contributed by atoms with van der Waals surface area (Å²) in [6, 6.07) is 0. The van der Waals surface area contributed by atoms with Crippen LogP contribution >= 0.6 is 31.9 Å². The zero-order valence-electron chi connectivity index (χ0n) is 4.22. The van der Waals surface area contributed by atoms with Crippen LogP contribution in [0.2, 0.25) is 0 Å². The Bertz CT molecular complexity index is 99.0. The van der Waals surface area contributed by atoms with Crippen LogP contribution in [0, 0.1) is 0 Å². The molecule has 0 aliphatic carbocycles. The summed E-state index contributed by atoms with van der Waals surface area (Å²) in [6.45, 7) is 0. The summed E-state index contributed by atoms with van der Waals surface area (Å²) < 4.78 is 57.7. The predicted molar refractivity (Wildman–Crippen MR) is 32.6 cm³/mol. The highest BCUT2D eigenvalue weighted by Crippen LogP contribution is 2.41.